The highest BCUT2D eigenvalue weighted by Crippen LogP contribution is 2.28. The van der Waals surface area contributed by atoms with Gasteiger partial charge in [0.25, 0.3) is 11.6 Å². The topological polar surface area (TPSA) is 96.5 Å². The highest BCUT2D eigenvalue weighted by Gasteiger charge is 2.31. The van der Waals surface area contributed by atoms with Gasteiger partial charge in [0.1, 0.15) is 11.8 Å². The molecule has 7 heteroatoms. The lowest BCUT2D eigenvalue weighted by molar-refractivity contribution is -0.384. The van der Waals surface area contributed by atoms with Gasteiger partial charge in [0.15, 0.2) is 0 Å². The maximum Gasteiger partial charge on any atom is 0.273 e. The molecule has 1 aromatic carbocycles. The van der Waals surface area contributed by atoms with Gasteiger partial charge < -0.3 is 9.64 Å². The molecular weight excluding hydrogens is 262 g/mol. The van der Waals surface area contributed by atoms with Crippen molar-refractivity contribution in [2.75, 3.05) is 13.7 Å². The Hall–Kier alpha value is -2.62. The van der Waals surface area contributed by atoms with Gasteiger partial charge in [-0.3, -0.25) is 14.9 Å². The first-order valence-corrected chi connectivity index (χ1v) is 6.11. The molecule has 1 aliphatic heterocycles. The van der Waals surface area contributed by atoms with E-state index in [-0.39, 0.29) is 22.9 Å². The maximum atomic E-state index is 12.4. The fourth-order valence-electron chi connectivity index (χ4n) is 2.27. The van der Waals surface area contributed by atoms with E-state index in [9.17, 15) is 14.9 Å². The summed E-state index contributed by atoms with van der Waals surface area (Å²) in [6.07, 6.45) is 1.43. The first-order valence-electron chi connectivity index (χ1n) is 6.11. The second-order valence-electron chi connectivity index (χ2n) is 4.43. The van der Waals surface area contributed by atoms with Gasteiger partial charge in [-0.25, -0.2) is 0 Å². The number of hydrogen-bond donors (Lipinski definition) is 0. The van der Waals surface area contributed by atoms with Gasteiger partial charge in [0.05, 0.1) is 29.7 Å². The average molecular weight is 275 g/mol. The van der Waals surface area contributed by atoms with Gasteiger partial charge in [-0.2, -0.15) is 5.26 Å². The van der Waals surface area contributed by atoms with Crippen LogP contribution in [0, 0.1) is 21.4 Å². The predicted molar refractivity (Wildman–Crippen MR) is 69.3 cm³/mol. The van der Waals surface area contributed by atoms with Crippen molar-refractivity contribution in [3.63, 3.8) is 0 Å². The summed E-state index contributed by atoms with van der Waals surface area (Å²) < 4.78 is 5.05. The molecule has 1 amide bonds. The van der Waals surface area contributed by atoms with E-state index in [0.717, 1.165) is 6.42 Å². The van der Waals surface area contributed by atoms with E-state index in [1.165, 1.54) is 30.2 Å². The number of benzene rings is 1. The second-order valence-corrected chi connectivity index (χ2v) is 4.43. The number of non-ortho nitro benzene ring substituents is 1. The van der Waals surface area contributed by atoms with Crippen molar-refractivity contribution in [1.29, 1.82) is 5.26 Å². The summed E-state index contributed by atoms with van der Waals surface area (Å²) in [7, 11) is 1.35. The number of carbonyl (C=O) groups excluding carboxylic acids is 1. The van der Waals surface area contributed by atoms with Crippen LogP contribution in [-0.4, -0.2) is 35.4 Å². The molecule has 0 aromatic heterocycles. The highest BCUT2D eigenvalue weighted by molar-refractivity contribution is 5.97. The number of nitrogens with zero attached hydrogens (tertiary/aromatic N) is 3. The van der Waals surface area contributed by atoms with E-state index in [1.54, 1.807) is 0 Å². The van der Waals surface area contributed by atoms with Crippen LogP contribution in [0.15, 0.2) is 18.2 Å². The number of hydrogen-bond acceptors (Lipinski definition) is 5. The highest BCUT2D eigenvalue weighted by atomic mass is 16.6. The number of carbonyl (C=O) groups is 1. The lowest BCUT2D eigenvalue weighted by Crippen LogP contribution is -2.34. The number of methoxy groups -OCH3 is 1. The third-order valence-corrected chi connectivity index (χ3v) is 3.29. The van der Waals surface area contributed by atoms with E-state index in [0.29, 0.717) is 13.0 Å². The van der Waals surface area contributed by atoms with Crippen LogP contribution in [0.1, 0.15) is 23.2 Å². The molecular formula is C13H13N3O4. The minimum atomic E-state index is -0.551. The molecule has 0 spiro atoms. The van der Waals surface area contributed by atoms with Gasteiger partial charge in [-0.1, -0.05) is 0 Å². The average Bonchev–Trinajstić information content (AvgIpc) is 2.94. The Morgan fingerprint density at radius 3 is 2.95 bits per heavy atom. The van der Waals surface area contributed by atoms with E-state index in [2.05, 4.69) is 6.07 Å². The minimum absolute atomic E-state index is 0.142. The Labute approximate surface area is 115 Å². The molecule has 2 rings (SSSR count). The number of nitro groups is 1. The van der Waals surface area contributed by atoms with Crippen LogP contribution in [0.2, 0.25) is 0 Å². The minimum Gasteiger partial charge on any atom is -0.496 e. The monoisotopic (exact) mass is 275 g/mol. The van der Waals surface area contributed by atoms with Crippen molar-refractivity contribution >= 4 is 11.6 Å². The number of amides is 1. The van der Waals surface area contributed by atoms with Crippen LogP contribution in [-0.2, 0) is 0 Å². The smallest absolute Gasteiger partial charge is 0.273 e. The molecule has 20 heavy (non-hydrogen) atoms. The van der Waals surface area contributed by atoms with E-state index >= 15 is 0 Å². The molecule has 104 valence electrons. The Morgan fingerprint density at radius 2 is 2.35 bits per heavy atom. The number of ether oxygens (including phenoxy) is 1. The van der Waals surface area contributed by atoms with Crippen LogP contribution < -0.4 is 4.74 Å². The normalized spacial score (nSPS) is 17.6. The molecule has 0 bridgehead atoms. The van der Waals surface area contributed by atoms with Crippen molar-refractivity contribution < 1.29 is 14.5 Å². The Kier molecular flexibility index (Phi) is 3.84. The predicted octanol–water partition coefficient (Wildman–Crippen LogP) is 1.73. The zero-order valence-corrected chi connectivity index (χ0v) is 10.9. The largest absolute Gasteiger partial charge is 0.496 e. The first-order chi connectivity index (χ1) is 9.58. The van der Waals surface area contributed by atoms with Gasteiger partial charge in [0.2, 0.25) is 0 Å². The third kappa shape index (κ3) is 2.40. The summed E-state index contributed by atoms with van der Waals surface area (Å²) in [5.41, 5.74) is 0.0944. The standard InChI is InChI=1S/C13H13N3O4/c1-20-12-7-9(16(18)19)4-5-11(12)13(17)15-6-2-3-10(15)8-14/h4-5,7,10H,2-3,6H2,1H3. The van der Waals surface area contributed by atoms with Gasteiger partial charge in [0, 0.05) is 12.6 Å². The second kappa shape index (κ2) is 5.57. The number of likely N-dealkylation sites (tertiary alicyclic amines) is 1. The molecule has 1 fully saturated rings. The van der Waals surface area contributed by atoms with Crippen molar-refractivity contribution in [3.8, 4) is 11.8 Å². The van der Waals surface area contributed by atoms with Crippen LogP contribution in [0.4, 0.5) is 5.69 Å². The molecule has 1 saturated heterocycles. The lowest BCUT2D eigenvalue weighted by atomic mass is 10.1. The summed E-state index contributed by atoms with van der Waals surface area (Å²) >= 11 is 0. The Balaban J connectivity index is 2.35. The molecule has 1 atom stereocenters. The van der Waals surface area contributed by atoms with Crippen molar-refractivity contribution in [1.82, 2.24) is 4.90 Å². The molecule has 1 unspecified atom stereocenters. The van der Waals surface area contributed by atoms with Gasteiger partial charge >= 0.3 is 0 Å². The fourth-order valence-corrected chi connectivity index (χ4v) is 2.27. The third-order valence-electron chi connectivity index (χ3n) is 3.29. The van der Waals surface area contributed by atoms with E-state index < -0.39 is 11.0 Å². The number of nitro benzene ring substituents is 1. The molecule has 0 N–H and O–H groups in total. The number of rotatable bonds is 3. The summed E-state index contributed by atoms with van der Waals surface area (Å²) in [6.45, 7) is 0.511. The van der Waals surface area contributed by atoms with E-state index in [1.807, 2.05) is 0 Å². The zero-order chi connectivity index (χ0) is 14.7. The fraction of sp³-hybridized carbons (Fsp3) is 0.385. The van der Waals surface area contributed by atoms with Crippen molar-refractivity contribution in [3.05, 3.63) is 33.9 Å². The maximum absolute atomic E-state index is 12.4. The first kappa shape index (κ1) is 13.8. The molecule has 1 aliphatic rings. The molecule has 1 aromatic rings. The van der Waals surface area contributed by atoms with Crippen molar-refractivity contribution in [2.24, 2.45) is 0 Å². The molecule has 0 saturated carbocycles. The van der Waals surface area contributed by atoms with Crippen LogP contribution in [0.25, 0.3) is 0 Å². The van der Waals surface area contributed by atoms with E-state index in [4.69, 9.17) is 10.00 Å². The van der Waals surface area contributed by atoms with Crippen LogP contribution in [0.5, 0.6) is 5.75 Å². The zero-order valence-electron chi connectivity index (χ0n) is 10.9. The van der Waals surface area contributed by atoms with Crippen LogP contribution >= 0.6 is 0 Å². The SMILES string of the molecule is COc1cc([N+](=O)[O-])ccc1C(=O)N1CCCC1C#N. The quantitative estimate of drug-likeness (QED) is 0.618. The Morgan fingerprint density at radius 1 is 1.60 bits per heavy atom. The molecule has 0 aliphatic carbocycles. The summed E-state index contributed by atoms with van der Waals surface area (Å²) in [4.78, 5) is 24.0. The number of nitriles is 1. The summed E-state index contributed by atoms with van der Waals surface area (Å²) in [5, 5.41) is 19.7. The van der Waals surface area contributed by atoms with Gasteiger partial charge in [-0.05, 0) is 18.9 Å². The summed E-state index contributed by atoms with van der Waals surface area (Å²) in [6, 6.07) is 5.48. The summed E-state index contributed by atoms with van der Waals surface area (Å²) in [5.74, 6) is -0.186. The molecule has 0 radical (unpaired) electrons. The lowest BCUT2D eigenvalue weighted by Gasteiger charge is -2.20. The van der Waals surface area contributed by atoms with Crippen LogP contribution in [0.3, 0.4) is 0 Å². The molecule has 1 heterocycles. The Bertz CT molecular complexity index is 594. The van der Waals surface area contributed by atoms with Gasteiger partial charge in [-0.15, -0.1) is 0 Å². The molecule has 7 nitrogen and oxygen atoms in total. The van der Waals surface area contributed by atoms with Crippen molar-refractivity contribution in [2.45, 2.75) is 18.9 Å².